The van der Waals surface area contributed by atoms with Gasteiger partial charge in [-0.15, -0.1) is 0 Å². The van der Waals surface area contributed by atoms with Gasteiger partial charge in [0, 0.05) is 13.1 Å². The average molecular weight is 469 g/mol. The number of nitrogens with one attached hydrogen (secondary N) is 2. The van der Waals surface area contributed by atoms with Crippen LogP contribution in [0.4, 0.5) is 4.79 Å². The minimum Gasteiger partial charge on any atom is -0.504 e. The van der Waals surface area contributed by atoms with E-state index in [0.29, 0.717) is 25.2 Å². The highest BCUT2D eigenvalue weighted by molar-refractivity contribution is 5.67. The first-order valence-electron chi connectivity index (χ1n) is 11.5. The van der Waals surface area contributed by atoms with Crippen molar-refractivity contribution in [2.75, 3.05) is 13.7 Å². The number of rotatable bonds is 12. The van der Waals surface area contributed by atoms with Gasteiger partial charge in [0.15, 0.2) is 11.5 Å². The third-order valence-corrected chi connectivity index (χ3v) is 5.17. The number of ether oxygens (including phenoxy) is 2. The van der Waals surface area contributed by atoms with Crippen LogP contribution in [0.15, 0.2) is 48.5 Å². The van der Waals surface area contributed by atoms with Crippen LogP contribution in [0.5, 0.6) is 11.5 Å². The van der Waals surface area contributed by atoms with Gasteiger partial charge in [0.05, 0.1) is 7.11 Å². The van der Waals surface area contributed by atoms with Gasteiger partial charge >= 0.3 is 6.09 Å². The smallest absolute Gasteiger partial charge is 0.407 e. The lowest BCUT2D eigenvalue weighted by Gasteiger charge is -2.20. The zero-order valence-electron chi connectivity index (χ0n) is 20.5. The molecule has 0 fully saturated rings. The van der Waals surface area contributed by atoms with Crippen molar-refractivity contribution in [3.8, 4) is 11.5 Å². The molecule has 184 valence electrons. The van der Waals surface area contributed by atoms with Crippen molar-refractivity contribution in [3.63, 3.8) is 0 Å². The van der Waals surface area contributed by atoms with Crippen LogP contribution in [0.25, 0.3) is 6.08 Å². The molecular weight excluding hydrogens is 432 g/mol. The van der Waals surface area contributed by atoms with E-state index in [9.17, 15) is 14.7 Å². The summed E-state index contributed by atoms with van der Waals surface area (Å²) in [5.74, 6) is 0.794. The highest BCUT2D eigenvalue weighted by Gasteiger charge is 2.16. The molecule has 7 nitrogen and oxygen atoms in total. The molecule has 1 atom stereocenters. The minimum atomic E-state index is -0.541. The molecule has 1 unspecified atom stereocenters. The zero-order valence-corrected chi connectivity index (χ0v) is 20.5. The summed E-state index contributed by atoms with van der Waals surface area (Å²) in [5, 5.41) is 15.5. The maximum atomic E-state index is 12.0. The number of carbonyl (C=O) groups is 2. The van der Waals surface area contributed by atoms with Crippen LogP contribution in [-0.2, 0) is 16.1 Å². The van der Waals surface area contributed by atoms with Crippen molar-refractivity contribution in [2.45, 2.75) is 58.1 Å². The lowest BCUT2D eigenvalue weighted by Crippen LogP contribution is -2.32. The molecule has 0 saturated carbocycles. The molecule has 0 aliphatic carbocycles. The molecule has 0 aromatic heterocycles. The third kappa shape index (κ3) is 9.57. The van der Waals surface area contributed by atoms with E-state index in [1.807, 2.05) is 45.0 Å². The fraction of sp³-hybridized carbons (Fsp3) is 0.407. The fourth-order valence-electron chi connectivity index (χ4n) is 3.57. The van der Waals surface area contributed by atoms with Gasteiger partial charge in [-0.3, -0.25) is 4.79 Å². The van der Waals surface area contributed by atoms with E-state index in [0.717, 1.165) is 36.0 Å². The zero-order chi connectivity index (χ0) is 25.0. The van der Waals surface area contributed by atoms with Crippen LogP contribution in [0.1, 0.15) is 62.6 Å². The molecular formula is C27H36N2O5. The molecule has 3 N–H and O–H groups in total. The van der Waals surface area contributed by atoms with Crippen LogP contribution in [0, 0.1) is 0 Å². The summed E-state index contributed by atoms with van der Waals surface area (Å²) in [6.07, 6.45) is 6.85. The Balaban J connectivity index is 2.01. The van der Waals surface area contributed by atoms with Crippen LogP contribution in [0.3, 0.4) is 0 Å². The number of methoxy groups -OCH3 is 1. The topological polar surface area (TPSA) is 96.9 Å². The van der Waals surface area contributed by atoms with Gasteiger partial charge in [-0.1, -0.05) is 42.5 Å². The van der Waals surface area contributed by atoms with Crippen molar-refractivity contribution < 1.29 is 24.2 Å². The molecule has 2 rings (SSSR count). The van der Waals surface area contributed by atoms with Crippen molar-refractivity contribution in [3.05, 3.63) is 65.2 Å². The predicted molar refractivity (Wildman–Crippen MR) is 134 cm³/mol. The molecule has 0 radical (unpaired) electrons. The van der Waals surface area contributed by atoms with Gasteiger partial charge in [-0.25, -0.2) is 4.79 Å². The normalized spacial score (nSPS) is 12.2. The SMILES string of the molecule is COc1ccc(/C=C/CCC(CCNC=O)c2cccc(CNC(=O)OC(C)(C)C)c2)cc1O. The molecule has 0 aliphatic heterocycles. The van der Waals surface area contributed by atoms with Crippen molar-refractivity contribution in [2.24, 2.45) is 0 Å². The number of alkyl carbamates (subject to hydrolysis) is 1. The van der Waals surface area contributed by atoms with Crippen LogP contribution >= 0.6 is 0 Å². The summed E-state index contributed by atoms with van der Waals surface area (Å²) in [7, 11) is 1.52. The highest BCUT2D eigenvalue weighted by atomic mass is 16.6. The Bertz CT molecular complexity index is 966. The van der Waals surface area contributed by atoms with E-state index in [-0.39, 0.29) is 11.7 Å². The molecule has 2 amide bonds. The molecule has 0 saturated heterocycles. The van der Waals surface area contributed by atoms with E-state index in [1.165, 1.54) is 7.11 Å². The first kappa shape index (κ1) is 26.8. The van der Waals surface area contributed by atoms with E-state index in [2.05, 4.69) is 28.8 Å². The summed E-state index contributed by atoms with van der Waals surface area (Å²) in [5.41, 5.74) is 2.50. The molecule has 7 heteroatoms. The fourth-order valence-corrected chi connectivity index (χ4v) is 3.57. The van der Waals surface area contributed by atoms with Crippen molar-refractivity contribution in [1.82, 2.24) is 10.6 Å². The molecule has 0 heterocycles. The summed E-state index contributed by atoms with van der Waals surface area (Å²) in [6, 6.07) is 13.4. The number of phenols is 1. The van der Waals surface area contributed by atoms with E-state index in [1.54, 1.807) is 12.1 Å². The number of carbonyl (C=O) groups excluding carboxylic acids is 2. The van der Waals surface area contributed by atoms with Gasteiger partial charge in [-0.2, -0.15) is 0 Å². The molecule has 2 aromatic carbocycles. The lowest BCUT2D eigenvalue weighted by atomic mass is 9.90. The van der Waals surface area contributed by atoms with Gasteiger partial charge in [-0.05, 0) is 74.8 Å². The standard InChI is InChI=1S/C27H36N2O5/c1-27(2,3)34-26(32)29-18-21-9-7-11-23(16-21)22(14-15-28-19-30)10-6-5-8-20-12-13-25(33-4)24(31)17-20/h5,7-9,11-13,16-17,19,22,31H,6,10,14-15,18H2,1-4H3,(H,28,30)(H,29,32)/b8-5+. The summed E-state index contributed by atoms with van der Waals surface area (Å²) in [4.78, 5) is 22.7. The number of benzene rings is 2. The number of hydrogen-bond acceptors (Lipinski definition) is 5. The molecule has 0 aliphatic rings. The van der Waals surface area contributed by atoms with E-state index >= 15 is 0 Å². The second-order valence-corrected chi connectivity index (χ2v) is 9.07. The van der Waals surface area contributed by atoms with E-state index < -0.39 is 11.7 Å². The molecule has 34 heavy (non-hydrogen) atoms. The summed E-state index contributed by atoms with van der Waals surface area (Å²) in [6.45, 7) is 6.46. The molecule has 0 spiro atoms. The monoisotopic (exact) mass is 468 g/mol. The number of allylic oxidation sites excluding steroid dienone is 1. The Kier molecular flexibility index (Phi) is 10.5. The van der Waals surface area contributed by atoms with Gasteiger partial charge in [0.25, 0.3) is 0 Å². The number of hydrogen-bond donors (Lipinski definition) is 3. The second kappa shape index (κ2) is 13.3. The Morgan fingerprint density at radius 2 is 1.94 bits per heavy atom. The molecule has 2 aromatic rings. The second-order valence-electron chi connectivity index (χ2n) is 9.07. The average Bonchev–Trinajstić information content (AvgIpc) is 2.78. The number of amides is 2. The first-order valence-corrected chi connectivity index (χ1v) is 11.5. The molecule has 0 bridgehead atoms. The Morgan fingerprint density at radius 1 is 1.15 bits per heavy atom. The minimum absolute atomic E-state index is 0.110. The quantitative estimate of drug-likeness (QED) is 0.296. The van der Waals surface area contributed by atoms with Crippen LogP contribution < -0.4 is 15.4 Å². The maximum Gasteiger partial charge on any atom is 0.407 e. The van der Waals surface area contributed by atoms with Crippen molar-refractivity contribution in [1.29, 1.82) is 0 Å². The van der Waals surface area contributed by atoms with Crippen molar-refractivity contribution >= 4 is 18.6 Å². The third-order valence-electron chi connectivity index (χ3n) is 5.17. The van der Waals surface area contributed by atoms with Gasteiger partial charge in [0.1, 0.15) is 5.60 Å². The number of phenolic OH excluding ortho intramolecular Hbond substituents is 1. The Hall–Kier alpha value is -3.48. The predicted octanol–water partition coefficient (Wildman–Crippen LogP) is 5.14. The van der Waals surface area contributed by atoms with Crippen LogP contribution in [-0.4, -0.2) is 36.9 Å². The first-order chi connectivity index (χ1) is 16.2. The Labute approximate surface area is 202 Å². The summed E-state index contributed by atoms with van der Waals surface area (Å²) >= 11 is 0. The van der Waals surface area contributed by atoms with E-state index in [4.69, 9.17) is 9.47 Å². The highest BCUT2D eigenvalue weighted by Crippen LogP contribution is 2.28. The largest absolute Gasteiger partial charge is 0.504 e. The lowest BCUT2D eigenvalue weighted by molar-refractivity contribution is -0.109. The van der Waals surface area contributed by atoms with Gasteiger partial charge < -0.3 is 25.2 Å². The summed E-state index contributed by atoms with van der Waals surface area (Å²) < 4.78 is 10.4. The van der Waals surface area contributed by atoms with Crippen LogP contribution in [0.2, 0.25) is 0 Å². The number of aromatic hydroxyl groups is 1. The van der Waals surface area contributed by atoms with Gasteiger partial charge in [0.2, 0.25) is 6.41 Å². The Morgan fingerprint density at radius 3 is 2.62 bits per heavy atom. The maximum absolute atomic E-state index is 12.0.